The molecule has 6 nitrogen and oxygen atoms in total. The molecule has 2 heterocycles. The average molecular weight is 406 g/mol. The van der Waals surface area contributed by atoms with E-state index in [-0.39, 0.29) is 16.6 Å². The number of hydrogen-bond acceptors (Lipinski definition) is 5. The Morgan fingerprint density at radius 2 is 1.89 bits per heavy atom. The lowest BCUT2D eigenvalue weighted by Crippen LogP contribution is -2.26. The molecule has 1 aromatic heterocycles. The minimum atomic E-state index is -3.31. The molecule has 1 aliphatic heterocycles. The fraction of sp³-hybridized carbons (Fsp3) is 0.400. The largest absolute Gasteiger partial charge is 0.381 e. The molecule has 1 aromatic carbocycles. The van der Waals surface area contributed by atoms with Gasteiger partial charge in [0, 0.05) is 19.5 Å². The molecule has 1 amide bonds. The molecule has 1 atom stereocenters. The van der Waals surface area contributed by atoms with Crippen molar-refractivity contribution >= 4 is 21.6 Å². The molecule has 2 aromatic rings. The summed E-state index contributed by atoms with van der Waals surface area (Å²) >= 11 is 0. The maximum atomic E-state index is 13.1. The first-order valence-corrected chi connectivity index (χ1v) is 11.0. The average Bonchev–Trinajstić information content (AvgIpc) is 2.68. The van der Waals surface area contributed by atoms with Gasteiger partial charge in [-0.1, -0.05) is 12.1 Å². The van der Waals surface area contributed by atoms with Crippen LogP contribution in [-0.4, -0.2) is 38.8 Å². The standard InChI is InChI=1S/C20H23FN2O4S/c1-28(25,26)17-5-2-15(3-6-17)18(12-14-8-10-27-11-9-14)20(24)23-19-7-4-16(21)13-22-19/h2-7,13-14,18H,8-12H2,1H3,(H,22,23,24). The zero-order chi connectivity index (χ0) is 20.1. The van der Waals surface area contributed by atoms with Gasteiger partial charge in [0.15, 0.2) is 9.84 Å². The van der Waals surface area contributed by atoms with E-state index in [1.807, 2.05) is 0 Å². The Morgan fingerprint density at radius 3 is 2.46 bits per heavy atom. The Kier molecular flexibility index (Phi) is 6.41. The highest BCUT2D eigenvalue weighted by Crippen LogP contribution is 2.31. The van der Waals surface area contributed by atoms with Crippen LogP contribution in [0.5, 0.6) is 0 Å². The predicted molar refractivity (Wildman–Crippen MR) is 103 cm³/mol. The molecule has 0 saturated carbocycles. The van der Waals surface area contributed by atoms with Crippen LogP contribution in [0.1, 0.15) is 30.7 Å². The van der Waals surface area contributed by atoms with Crippen molar-refractivity contribution in [1.82, 2.24) is 4.98 Å². The van der Waals surface area contributed by atoms with Gasteiger partial charge in [0.2, 0.25) is 5.91 Å². The van der Waals surface area contributed by atoms with E-state index in [1.165, 1.54) is 24.3 Å². The number of nitrogens with one attached hydrogen (secondary N) is 1. The molecular weight excluding hydrogens is 383 g/mol. The summed E-state index contributed by atoms with van der Waals surface area (Å²) < 4.78 is 41.9. The first-order chi connectivity index (χ1) is 13.3. The zero-order valence-electron chi connectivity index (χ0n) is 15.6. The van der Waals surface area contributed by atoms with Crippen molar-refractivity contribution in [2.75, 3.05) is 24.8 Å². The van der Waals surface area contributed by atoms with Crippen LogP contribution in [0.15, 0.2) is 47.5 Å². The number of halogens is 1. The third-order valence-corrected chi connectivity index (χ3v) is 6.04. The molecular formula is C20H23FN2O4S. The smallest absolute Gasteiger partial charge is 0.233 e. The van der Waals surface area contributed by atoms with E-state index < -0.39 is 21.6 Å². The molecule has 1 saturated heterocycles. The van der Waals surface area contributed by atoms with Gasteiger partial charge in [-0.15, -0.1) is 0 Å². The van der Waals surface area contributed by atoms with Crippen molar-refractivity contribution in [2.45, 2.75) is 30.1 Å². The van der Waals surface area contributed by atoms with Gasteiger partial charge in [-0.2, -0.15) is 0 Å². The van der Waals surface area contributed by atoms with Crippen molar-refractivity contribution in [3.05, 3.63) is 54.0 Å². The molecule has 1 unspecified atom stereocenters. The van der Waals surface area contributed by atoms with Crippen LogP contribution in [0, 0.1) is 11.7 Å². The molecule has 1 N–H and O–H groups in total. The number of anilines is 1. The molecule has 3 rings (SSSR count). The number of carbonyl (C=O) groups excluding carboxylic acids is 1. The Hall–Kier alpha value is -2.32. The summed E-state index contributed by atoms with van der Waals surface area (Å²) in [6, 6.07) is 9.04. The van der Waals surface area contributed by atoms with Gasteiger partial charge in [0.25, 0.3) is 0 Å². The quantitative estimate of drug-likeness (QED) is 0.796. The molecule has 0 aliphatic carbocycles. The van der Waals surface area contributed by atoms with Crippen LogP contribution in [-0.2, 0) is 19.4 Å². The van der Waals surface area contributed by atoms with E-state index >= 15 is 0 Å². The number of benzene rings is 1. The number of amides is 1. The zero-order valence-corrected chi connectivity index (χ0v) is 16.4. The number of carbonyl (C=O) groups is 1. The van der Waals surface area contributed by atoms with E-state index in [2.05, 4.69) is 10.3 Å². The van der Waals surface area contributed by atoms with Gasteiger partial charge < -0.3 is 10.1 Å². The van der Waals surface area contributed by atoms with Crippen molar-refractivity contribution in [1.29, 1.82) is 0 Å². The van der Waals surface area contributed by atoms with Gasteiger partial charge >= 0.3 is 0 Å². The van der Waals surface area contributed by atoms with Crippen LogP contribution in [0.2, 0.25) is 0 Å². The number of ether oxygens (including phenoxy) is 1. The third kappa shape index (κ3) is 5.36. The van der Waals surface area contributed by atoms with E-state index in [9.17, 15) is 17.6 Å². The number of nitrogens with zero attached hydrogens (tertiary/aromatic N) is 1. The van der Waals surface area contributed by atoms with E-state index in [0.717, 1.165) is 30.9 Å². The third-order valence-electron chi connectivity index (χ3n) is 4.92. The van der Waals surface area contributed by atoms with E-state index in [1.54, 1.807) is 12.1 Å². The van der Waals surface area contributed by atoms with Crippen LogP contribution in [0.25, 0.3) is 0 Å². The van der Waals surface area contributed by atoms with Gasteiger partial charge in [0.1, 0.15) is 11.6 Å². The van der Waals surface area contributed by atoms with E-state index in [4.69, 9.17) is 4.74 Å². The van der Waals surface area contributed by atoms with Crippen LogP contribution < -0.4 is 5.32 Å². The number of rotatable bonds is 6. The van der Waals surface area contributed by atoms with Crippen LogP contribution in [0.3, 0.4) is 0 Å². The summed E-state index contributed by atoms with van der Waals surface area (Å²) in [7, 11) is -3.31. The number of hydrogen-bond donors (Lipinski definition) is 1. The van der Waals surface area contributed by atoms with E-state index in [0.29, 0.717) is 25.6 Å². The topological polar surface area (TPSA) is 85.4 Å². The SMILES string of the molecule is CS(=O)(=O)c1ccc(C(CC2CCOCC2)C(=O)Nc2ccc(F)cn2)cc1. The monoisotopic (exact) mass is 406 g/mol. The lowest BCUT2D eigenvalue weighted by Gasteiger charge is -2.26. The van der Waals surface area contributed by atoms with Gasteiger partial charge in [-0.3, -0.25) is 4.79 Å². The fourth-order valence-electron chi connectivity index (χ4n) is 3.32. The normalized spacial score (nSPS) is 16.5. The molecule has 150 valence electrons. The summed E-state index contributed by atoms with van der Waals surface area (Å²) in [6.07, 6.45) is 4.56. The Balaban J connectivity index is 1.83. The van der Waals surface area contributed by atoms with Crippen molar-refractivity contribution < 1.29 is 22.3 Å². The first-order valence-electron chi connectivity index (χ1n) is 9.13. The predicted octanol–water partition coefficient (Wildman–Crippen LogP) is 3.16. The minimum Gasteiger partial charge on any atom is -0.381 e. The summed E-state index contributed by atoms with van der Waals surface area (Å²) in [6.45, 7) is 1.34. The highest BCUT2D eigenvalue weighted by molar-refractivity contribution is 7.90. The summed E-state index contributed by atoms with van der Waals surface area (Å²) in [5.74, 6) is -0.592. The second-order valence-electron chi connectivity index (χ2n) is 7.04. The summed E-state index contributed by atoms with van der Waals surface area (Å²) in [5.41, 5.74) is 0.735. The first kappa shape index (κ1) is 20.4. The number of sulfone groups is 1. The highest BCUT2D eigenvalue weighted by Gasteiger charge is 2.27. The summed E-state index contributed by atoms with van der Waals surface area (Å²) in [4.78, 5) is 17.1. The maximum absolute atomic E-state index is 13.1. The molecule has 0 spiro atoms. The van der Waals surface area contributed by atoms with Crippen LogP contribution >= 0.6 is 0 Å². The van der Waals surface area contributed by atoms with Crippen LogP contribution in [0.4, 0.5) is 10.2 Å². The Morgan fingerprint density at radius 1 is 1.21 bits per heavy atom. The van der Waals surface area contributed by atoms with Crippen molar-refractivity contribution in [2.24, 2.45) is 5.92 Å². The minimum absolute atomic E-state index is 0.210. The lowest BCUT2D eigenvalue weighted by atomic mass is 9.84. The number of pyridine rings is 1. The molecule has 1 fully saturated rings. The second-order valence-corrected chi connectivity index (χ2v) is 9.05. The number of aromatic nitrogens is 1. The fourth-order valence-corrected chi connectivity index (χ4v) is 3.95. The second kappa shape index (κ2) is 8.79. The molecule has 0 bridgehead atoms. The van der Waals surface area contributed by atoms with Gasteiger partial charge in [-0.05, 0) is 55.0 Å². The highest BCUT2D eigenvalue weighted by atomic mass is 32.2. The van der Waals surface area contributed by atoms with Gasteiger partial charge in [-0.25, -0.2) is 17.8 Å². The Bertz CT molecular complexity index is 908. The molecule has 8 heteroatoms. The van der Waals surface area contributed by atoms with Gasteiger partial charge in [0.05, 0.1) is 17.0 Å². The summed E-state index contributed by atoms with van der Waals surface area (Å²) in [5, 5.41) is 2.74. The molecule has 28 heavy (non-hydrogen) atoms. The molecule has 0 radical (unpaired) electrons. The lowest BCUT2D eigenvalue weighted by molar-refractivity contribution is -0.118. The van der Waals surface area contributed by atoms with Crippen molar-refractivity contribution in [3.8, 4) is 0 Å². The Labute approximate surface area is 164 Å². The molecule has 1 aliphatic rings. The maximum Gasteiger partial charge on any atom is 0.233 e. The van der Waals surface area contributed by atoms with Crippen molar-refractivity contribution in [3.63, 3.8) is 0 Å².